The number of likely N-dealkylation sites (N-methyl/N-ethyl adjacent to an activating group) is 1. The normalized spacial score (nSPS) is 16.5. The number of carbonyl (C=O) groups excluding carboxylic acids is 2. The summed E-state index contributed by atoms with van der Waals surface area (Å²) in [5.41, 5.74) is 1.01. The summed E-state index contributed by atoms with van der Waals surface area (Å²) >= 11 is 1.67. The molecule has 1 saturated heterocycles. The number of thiazole rings is 1. The minimum Gasteiger partial charge on any atom is -0.339 e. The summed E-state index contributed by atoms with van der Waals surface area (Å²) in [7, 11) is 1.96. The summed E-state index contributed by atoms with van der Waals surface area (Å²) in [6.07, 6.45) is 0. The van der Waals surface area contributed by atoms with Crippen molar-refractivity contribution in [3.8, 4) is 0 Å². The molecule has 7 heteroatoms. The summed E-state index contributed by atoms with van der Waals surface area (Å²) < 4.78 is 1.17. The molecule has 1 fully saturated rings. The topological polar surface area (TPSA) is 56.8 Å². The lowest BCUT2D eigenvalue weighted by molar-refractivity contribution is -0.141. The van der Waals surface area contributed by atoms with E-state index in [-0.39, 0.29) is 17.9 Å². The molecule has 6 nitrogen and oxygen atoms in total. The third-order valence-electron chi connectivity index (χ3n) is 4.78. The van der Waals surface area contributed by atoms with Gasteiger partial charge in [0.05, 0.1) is 22.8 Å². The zero-order chi connectivity index (χ0) is 18.0. The van der Waals surface area contributed by atoms with E-state index in [1.165, 1.54) is 4.70 Å². The van der Waals surface area contributed by atoms with Gasteiger partial charge in [-0.1, -0.05) is 12.1 Å². The summed E-state index contributed by atoms with van der Waals surface area (Å²) in [5, 5.41) is 1.02. The number of para-hydroxylation sites is 1. The molecule has 0 radical (unpaired) electrons. The Morgan fingerprint density at radius 1 is 1.20 bits per heavy atom. The lowest BCUT2D eigenvalue weighted by Gasteiger charge is -2.37. The van der Waals surface area contributed by atoms with Gasteiger partial charge in [-0.15, -0.1) is 11.3 Å². The van der Waals surface area contributed by atoms with Crippen molar-refractivity contribution in [3.63, 3.8) is 0 Å². The number of hydrogen-bond donors (Lipinski definition) is 0. The number of aromatic nitrogens is 1. The van der Waals surface area contributed by atoms with E-state index in [2.05, 4.69) is 11.1 Å². The molecule has 2 aromatic rings. The fraction of sp³-hybridized carbons (Fsp3) is 0.500. The molecular formula is C18H24N4O2S. The van der Waals surface area contributed by atoms with Gasteiger partial charge in [0.2, 0.25) is 11.8 Å². The number of piperazine rings is 1. The molecule has 1 aromatic heterocycles. The van der Waals surface area contributed by atoms with E-state index >= 15 is 0 Å². The number of fused-ring (bicyclic) bond motifs is 1. The second-order valence-electron chi connectivity index (χ2n) is 6.50. The van der Waals surface area contributed by atoms with Gasteiger partial charge in [0.15, 0.2) is 0 Å². The second-order valence-corrected chi connectivity index (χ2v) is 7.61. The van der Waals surface area contributed by atoms with E-state index in [0.717, 1.165) is 10.5 Å². The smallest absolute Gasteiger partial charge is 0.239 e. The molecule has 0 bridgehead atoms. The Balaban J connectivity index is 1.59. The fourth-order valence-electron chi connectivity index (χ4n) is 3.03. The molecule has 1 aliphatic rings. The quantitative estimate of drug-likeness (QED) is 0.834. The predicted octanol–water partition coefficient (Wildman–Crippen LogP) is 1.81. The Hall–Kier alpha value is -1.99. The molecule has 1 aliphatic heterocycles. The molecule has 0 spiro atoms. The number of nitrogens with zero attached hydrogens (tertiary/aromatic N) is 4. The zero-order valence-electron chi connectivity index (χ0n) is 14.9. The van der Waals surface area contributed by atoms with E-state index in [9.17, 15) is 9.59 Å². The Kier molecular flexibility index (Phi) is 5.34. The Labute approximate surface area is 152 Å². The second kappa shape index (κ2) is 7.49. The molecule has 134 valence electrons. The summed E-state index contributed by atoms with van der Waals surface area (Å²) in [5.74, 6) is 0.194. The van der Waals surface area contributed by atoms with E-state index < -0.39 is 0 Å². The highest BCUT2D eigenvalue weighted by molar-refractivity contribution is 7.18. The minimum absolute atomic E-state index is 0.0769. The lowest BCUT2D eigenvalue weighted by Crippen LogP contribution is -2.54. The van der Waals surface area contributed by atoms with E-state index in [4.69, 9.17) is 0 Å². The molecule has 2 heterocycles. The van der Waals surface area contributed by atoms with Gasteiger partial charge in [0.1, 0.15) is 5.01 Å². The van der Waals surface area contributed by atoms with Crippen molar-refractivity contribution in [2.24, 2.45) is 0 Å². The van der Waals surface area contributed by atoms with Crippen molar-refractivity contribution in [1.82, 2.24) is 19.7 Å². The Morgan fingerprint density at radius 3 is 2.48 bits per heavy atom. The van der Waals surface area contributed by atoms with Crippen LogP contribution in [-0.4, -0.2) is 70.8 Å². The molecule has 0 saturated carbocycles. The lowest BCUT2D eigenvalue weighted by atomic mass is 10.2. The van der Waals surface area contributed by atoms with Gasteiger partial charge in [-0.05, 0) is 26.1 Å². The first-order chi connectivity index (χ1) is 12.0. The van der Waals surface area contributed by atoms with Crippen molar-refractivity contribution in [1.29, 1.82) is 0 Å². The summed E-state index contributed by atoms with van der Waals surface area (Å²) in [4.78, 5) is 34.5. The van der Waals surface area contributed by atoms with Gasteiger partial charge < -0.3 is 9.80 Å². The van der Waals surface area contributed by atoms with Crippen LogP contribution < -0.4 is 0 Å². The van der Waals surface area contributed by atoms with Crippen LogP contribution in [0.15, 0.2) is 24.3 Å². The maximum Gasteiger partial charge on any atom is 0.239 e. The van der Waals surface area contributed by atoms with E-state index in [0.29, 0.717) is 32.7 Å². The molecule has 25 heavy (non-hydrogen) atoms. The third-order valence-corrected chi connectivity index (χ3v) is 5.80. The standard InChI is InChI=1S/C18H24N4O2S/c1-13(18(24)22-10-8-21(9-11-22)14(2)23)20(3)12-17-19-15-6-4-5-7-16(15)25-17/h4-7,13H,8-12H2,1-3H3. The van der Waals surface area contributed by atoms with Crippen LogP contribution in [0.4, 0.5) is 0 Å². The molecular weight excluding hydrogens is 336 g/mol. The van der Waals surface area contributed by atoms with Crippen molar-refractivity contribution in [3.05, 3.63) is 29.3 Å². The van der Waals surface area contributed by atoms with Crippen LogP contribution in [0.3, 0.4) is 0 Å². The first-order valence-electron chi connectivity index (χ1n) is 8.54. The highest BCUT2D eigenvalue weighted by Gasteiger charge is 2.28. The molecule has 1 atom stereocenters. The van der Waals surface area contributed by atoms with Crippen LogP contribution in [0.25, 0.3) is 10.2 Å². The van der Waals surface area contributed by atoms with E-state index in [1.807, 2.05) is 42.0 Å². The first-order valence-corrected chi connectivity index (χ1v) is 9.36. The average molecular weight is 360 g/mol. The van der Waals surface area contributed by atoms with Crippen molar-refractivity contribution < 1.29 is 9.59 Å². The molecule has 0 N–H and O–H groups in total. The van der Waals surface area contributed by atoms with Gasteiger partial charge in [-0.3, -0.25) is 14.5 Å². The van der Waals surface area contributed by atoms with Crippen molar-refractivity contribution in [2.45, 2.75) is 26.4 Å². The molecule has 2 amide bonds. The first kappa shape index (κ1) is 17.8. The third kappa shape index (κ3) is 3.99. The predicted molar refractivity (Wildman–Crippen MR) is 99.4 cm³/mol. The fourth-order valence-corrected chi connectivity index (χ4v) is 4.06. The van der Waals surface area contributed by atoms with Crippen LogP contribution in [0.5, 0.6) is 0 Å². The SMILES string of the molecule is CC(=O)N1CCN(C(=O)C(C)N(C)Cc2nc3ccccc3s2)CC1. The average Bonchev–Trinajstić information content (AvgIpc) is 3.02. The summed E-state index contributed by atoms with van der Waals surface area (Å²) in [6, 6.07) is 7.87. The monoisotopic (exact) mass is 360 g/mol. The van der Waals surface area contributed by atoms with Gasteiger partial charge in [-0.25, -0.2) is 4.98 Å². The number of carbonyl (C=O) groups is 2. The van der Waals surface area contributed by atoms with Crippen LogP contribution in [0.2, 0.25) is 0 Å². The van der Waals surface area contributed by atoms with Crippen LogP contribution >= 0.6 is 11.3 Å². The largest absolute Gasteiger partial charge is 0.339 e. The van der Waals surface area contributed by atoms with Crippen LogP contribution in [-0.2, 0) is 16.1 Å². The maximum atomic E-state index is 12.7. The summed E-state index contributed by atoms with van der Waals surface area (Å²) in [6.45, 7) is 6.62. The number of hydrogen-bond acceptors (Lipinski definition) is 5. The minimum atomic E-state index is -0.212. The number of rotatable bonds is 4. The number of benzene rings is 1. The Bertz CT molecular complexity index is 734. The van der Waals surface area contributed by atoms with Gasteiger partial charge in [0, 0.05) is 33.1 Å². The molecule has 0 aliphatic carbocycles. The van der Waals surface area contributed by atoms with Crippen LogP contribution in [0.1, 0.15) is 18.9 Å². The number of amides is 2. The maximum absolute atomic E-state index is 12.7. The van der Waals surface area contributed by atoms with E-state index in [1.54, 1.807) is 23.2 Å². The van der Waals surface area contributed by atoms with Crippen LogP contribution in [0, 0.1) is 0 Å². The highest BCUT2D eigenvalue weighted by Crippen LogP contribution is 2.23. The van der Waals surface area contributed by atoms with Gasteiger partial charge >= 0.3 is 0 Å². The van der Waals surface area contributed by atoms with Gasteiger partial charge in [0.25, 0.3) is 0 Å². The van der Waals surface area contributed by atoms with Gasteiger partial charge in [-0.2, -0.15) is 0 Å². The van der Waals surface area contributed by atoms with Crippen molar-refractivity contribution >= 4 is 33.4 Å². The molecule has 1 aromatic carbocycles. The Morgan fingerprint density at radius 2 is 1.84 bits per heavy atom. The highest BCUT2D eigenvalue weighted by atomic mass is 32.1. The van der Waals surface area contributed by atoms with Crippen molar-refractivity contribution in [2.75, 3.05) is 33.2 Å². The molecule has 1 unspecified atom stereocenters. The zero-order valence-corrected chi connectivity index (χ0v) is 15.8. The molecule has 3 rings (SSSR count).